The molecule has 6 nitrogen and oxygen atoms in total. The third kappa shape index (κ3) is 4.64. The zero-order valence-electron chi connectivity index (χ0n) is 19.6. The van der Waals surface area contributed by atoms with Crippen molar-refractivity contribution in [1.29, 1.82) is 0 Å². The fourth-order valence-electron chi connectivity index (χ4n) is 4.60. The Morgan fingerprint density at radius 3 is 2.43 bits per heavy atom. The highest BCUT2D eigenvalue weighted by Gasteiger charge is 2.14. The number of aryl methyl sites for hydroxylation is 3. The maximum atomic E-state index is 12.9. The van der Waals surface area contributed by atoms with Crippen LogP contribution in [0.3, 0.4) is 0 Å². The Labute approximate surface area is 202 Å². The van der Waals surface area contributed by atoms with Crippen LogP contribution in [-0.2, 0) is 11.2 Å². The van der Waals surface area contributed by atoms with Gasteiger partial charge >= 0.3 is 5.97 Å². The van der Waals surface area contributed by atoms with E-state index in [9.17, 15) is 9.59 Å². The van der Waals surface area contributed by atoms with Gasteiger partial charge in [0.1, 0.15) is 5.82 Å². The topological polar surface area (TPSA) is 95.1 Å². The number of pyridine rings is 1. The highest BCUT2D eigenvalue weighted by Crippen LogP contribution is 2.31. The number of hydrogen-bond acceptors (Lipinski definition) is 3. The molecule has 6 heteroatoms. The van der Waals surface area contributed by atoms with E-state index in [4.69, 9.17) is 5.11 Å². The molecule has 0 aliphatic carbocycles. The minimum Gasteiger partial charge on any atom is -0.481 e. The van der Waals surface area contributed by atoms with Gasteiger partial charge in [0.25, 0.3) is 5.91 Å². The van der Waals surface area contributed by atoms with Gasteiger partial charge in [-0.05, 0) is 73.4 Å². The predicted molar refractivity (Wildman–Crippen MR) is 139 cm³/mol. The normalized spacial score (nSPS) is 11.1. The summed E-state index contributed by atoms with van der Waals surface area (Å²) in [6.07, 6.45) is 0.624. The number of nitrogens with zero attached hydrogens (tertiary/aromatic N) is 1. The van der Waals surface area contributed by atoms with Gasteiger partial charge in [-0.3, -0.25) is 9.59 Å². The standard InChI is InChI=1S/C29H25N3O3/c1-17-13-19(7-12-27(33)34)14-18(2)28(17)25-15-21-8-9-22(16-24(21)30-25)29(35)32-26-11-10-20-5-3-4-6-23(20)31-26/h3-6,8-11,13-16,30H,7,12H2,1-2H3,(H,33,34)(H,31,32,35). The smallest absolute Gasteiger partial charge is 0.303 e. The number of nitrogens with one attached hydrogen (secondary N) is 2. The van der Waals surface area contributed by atoms with E-state index >= 15 is 0 Å². The molecule has 0 atom stereocenters. The first-order valence-electron chi connectivity index (χ1n) is 11.5. The lowest BCUT2D eigenvalue weighted by molar-refractivity contribution is -0.136. The summed E-state index contributed by atoms with van der Waals surface area (Å²) in [5.74, 6) is -0.507. The number of fused-ring (bicyclic) bond motifs is 2. The molecule has 0 saturated carbocycles. The van der Waals surface area contributed by atoms with E-state index in [0.29, 0.717) is 17.8 Å². The number of para-hydroxylation sites is 1. The number of amides is 1. The van der Waals surface area contributed by atoms with E-state index in [0.717, 1.165) is 49.8 Å². The van der Waals surface area contributed by atoms with E-state index in [2.05, 4.69) is 21.4 Å². The monoisotopic (exact) mass is 463 g/mol. The van der Waals surface area contributed by atoms with Crippen molar-refractivity contribution in [1.82, 2.24) is 9.97 Å². The van der Waals surface area contributed by atoms with Crippen LogP contribution in [0.4, 0.5) is 5.82 Å². The van der Waals surface area contributed by atoms with Crippen LogP contribution < -0.4 is 5.32 Å². The number of carboxylic acid groups (broad SMARTS) is 1. The summed E-state index contributed by atoms with van der Waals surface area (Å²) in [5.41, 5.74) is 7.47. The number of rotatable bonds is 6. The summed E-state index contributed by atoms with van der Waals surface area (Å²) >= 11 is 0. The second kappa shape index (κ2) is 9.06. The first kappa shape index (κ1) is 22.3. The molecule has 0 aliphatic heterocycles. The van der Waals surface area contributed by atoms with E-state index < -0.39 is 5.97 Å². The number of benzene rings is 3. The third-order valence-corrected chi connectivity index (χ3v) is 6.21. The highest BCUT2D eigenvalue weighted by atomic mass is 16.4. The summed E-state index contributed by atoms with van der Waals surface area (Å²) in [6, 6.07) is 23.3. The molecule has 0 bridgehead atoms. The average molecular weight is 464 g/mol. The van der Waals surface area contributed by atoms with Crippen LogP contribution in [0.1, 0.15) is 33.5 Å². The van der Waals surface area contributed by atoms with E-state index in [1.54, 1.807) is 6.07 Å². The van der Waals surface area contributed by atoms with E-state index in [1.165, 1.54) is 0 Å². The van der Waals surface area contributed by atoms with Crippen molar-refractivity contribution in [2.45, 2.75) is 26.7 Å². The third-order valence-electron chi connectivity index (χ3n) is 6.21. The van der Waals surface area contributed by atoms with Crippen LogP contribution in [0.2, 0.25) is 0 Å². The van der Waals surface area contributed by atoms with Crippen molar-refractivity contribution in [3.8, 4) is 11.3 Å². The van der Waals surface area contributed by atoms with E-state index in [-0.39, 0.29) is 12.3 Å². The Morgan fingerprint density at radius 2 is 1.66 bits per heavy atom. The fraction of sp³-hybridized carbons (Fsp3) is 0.138. The first-order chi connectivity index (χ1) is 16.9. The second-order valence-electron chi connectivity index (χ2n) is 8.83. The van der Waals surface area contributed by atoms with Gasteiger partial charge in [-0.15, -0.1) is 0 Å². The molecular weight excluding hydrogens is 438 g/mol. The first-order valence-corrected chi connectivity index (χ1v) is 11.5. The Bertz CT molecular complexity index is 1580. The van der Waals surface area contributed by atoms with Gasteiger partial charge in [-0.1, -0.05) is 36.4 Å². The molecule has 35 heavy (non-hydrogen) atoms. The number of carbonyl (C=O) groups is 2. The van der Waals surface area contributed by atoms with Gasteiger partial charge in [0.05, 0.1) is 5.52 Å². The van der Waals surface area contributed by atoms with Crippen LogP contribution >= 0.6 is 0 Å². The van der Waals surface area contributed by atoms with Gasteiger partial charge in [-0.2, -0.15) is 0 Å². The molecule has 0 spiro atoms. The number of hydrogen-bond donors (Lipinski definition) is 3. The summed E-state index contributed by atoms with van der Waals surface area (Å²) in [4.78, 5) is 31.8. The molecule has 5 rings (SSSR count). The molecule has 0 aliphatic rings. The molecule has 0 radical (unpaired) electrons. The van der Waals surface area contributed by atoms with Crippen LogP contribution in [0.25, 0.3) is 33.1 Å². The molecule has 3 aromatic carbocycles. The Hall–Kier alpha value is -4.45. The SMILES string of the molecule is Cc1cc(CCC(=O)O)cc(C)c1-c1cc2ccc(C(=O)Nc3ccc4ccccc4n3)cc2[nH]1. The van der Waals surface area contributed by atoms with Crippen molar-refractivity contribution in [2.75, 3.05) is 5.32 Å². The molecule has 0 unspecified atom stereocenters. The summed E-state index contributed by atoms with van der Waals surface area (Å²) in [6.45, 7) is 4.07. The van der Waals surface area contributed by atoms with Crippen molar-refractivity contribution in [3.63, 3.8) is 0 Å². The highest BCUT2D eigenvalue weighted by molar-refractivity contribution is 6.06. The Balaban J connectivity index is 1.41. The lowest BCUT2D eigenvalue weighted by atomic mass is 9.95. The van der Waals surface area contributed by atoms with Crippen LogP contribution in [0.15, 0.2) is 72.8 Å². The van der Waals surface area contributed by atoms with Crippen molar-refractivity contribution in [2.24, 2.45) is 0 Å². The number of aliphatic carboxylic acids is 1. The quantitative estimate of drug-likeness (QED) is 0.277. The average Bonchev–Trinajstić information content (AvgIpc) is 3.25. The van der Waals surface area contributed by atoms with Gasteiger partial charge < -0.3 is 15.4 Å². The van der Waals surface area contributed by atoms with Gasteiger partial charge in [0.15, 0.2) is 0 Å². The molecule has 174 valence electrons. The second-order valence-corrected chi connectivity index (χ2v) is 8.83. The largest absolute Gasteiger partial charge is 0.481 e. The number of aromatic nitrogens is 2. The Kier molecular flexibility index (Phi) is 5.79. The Morgan fingerprint density at radius 1 is 0.914 bits per heavy atom. The molecule has 0 saturated heterocycles. The number of carboxylic acids is 1. The van der Waals surface area contributed by atoms with Gasteiger partial charge in [-0.25, -0.2) is 4.98 Å². The summed E-state index contributed by atoms with van der Waals surface area (Å²) in [5, 5.41) is 13.9. The molecule has 3 N–H and O–H groups in total. The van der Waals surface area contributed by atoms with Gasteiger partial charge in [0, 0.05) is 39.5 Å². The zero-order chi connectivity index (χ0) is 24.5. The number of anilines is 1. The van der Waals surface area contributed by atoms with Crippen molar-refractivity contribution < 1.29 is 14.7 Å². The maximum Gasteiger partial charge on any atom is 0.303 e. The molecule has 0 fully saturated rings. The molecule has 1 amide bonds. The number of carbonyl (C=O) groups excluding carboxylic acids is 1. The fourth-order valence-corrected chi connectivity index (χ4v) is 4.60. The molecule has 2 heterocycles. The summed E-state index contributed by atoms with van der Waals surface area (Å²) in [7, 11) is 0. The van der Waals surface area contributed by atoms with Crippen LogP contribution in [0, 0.1) is 13.8 Å². The predicted octanol–water partition coefficient (Wildman–Crippen LogP) is 6.27. The number of aromatic amines is 1. The zero-order valence-corrected chi connectivity index (χ0v) is 19.6. The maximum absolute atomic E-state index is 12.9. The molecule has 5 aromatic rings. The summed E-state index contributed by atoms with van der Waals surface area (Å²) < 4.78 is 0. The molecule has 2 aromatic heterocycles. The van der Waals surface area contributed by atoms with Crippen LogP contribution in [-0.4, -0.2) is 27.0 Å². The number of H-pyrrole nitrogens is 1. The minimum absolute atomic E-state index is 0.115. The lowest BCUT2D eigenvalue weighted by Gasteiger charge is -2.11. The van der Waals surface area contributed by atoms with Crippen molar-refractivity contribution >= 4 is 39.5 Å². The molecular formula is C29H25N3O3. The lowest BCUT2D eigenvalue weighted by Crippen LogP contribution is -2.12. The van der Waals surface area contributed by atoms with Crippen molar-refractivity contribution in [3.05, 3.63) is 95.1 Å². The van der Waals surface area contributed by atoms with Crippen LogP contribution in [0.5, 0.6) is 0 Å². The minimum atomic E-state index is -0.795. The van der Waals surface area contributed by atoms with E-state index in [1.807, 2.05) is 74.5 Å². The van der Waals surface area contributed by atoms with Gasteiger partial charge in [0.2, 0.25) is 0 Å².